The van der Waals surface area contributed by atoms with E-state index in [2.05, 4.69) is 0 Å². The van der Waals surface area contributed by atoms with Gasteiger partial charge in [0.05, 0.1) is 0 Å². The van der Waals surface area contributed by atoms with Crippen molar-refractivity contribution in [1.82, 2.24) is 0 Å². The zero-order valence-electron chi connectivity index (χ0n) is 3.95. The van der Waals surface area contributed by atoms with Gasteiger partial charge in [0.2, 0.25) is 0 Å². The maximum Gasteiger partial charge on any atom is -0.0431 e. The van der Waals surface area contributed by atoms with Crippen LogP contribution < -0.4 is 20.4 Å². The molecule has 0 aliphatic carbocycles. The summed E-state index contributed by atoms with van der Waals surface area (Å²) >= 11 is 0. The molecule has 0 aliphatic rings. The molecule has 7 nitrogen and oxygen atoms in total. The van der Waals surface area contributed by atoms with Gasteiger partial charge in [-0.3, -0.25) is 0 Å². The zero-order valence-corrected chi connectivity index (χ0v) is 3.95. The van der Waals surface area contributed by atoms with Crippen molar-refractivity contribution in [3.8, 4) is 0 Å². The molecule has 0 spiro atoms. The summed E-state index contributed by atoms with van der Waals surface area (Å²) in [5.41, 5.74) is 0. The van der Waals surface area contributed by atoms with Crippen molar-refractivity contribution in [3.05, 3.63) is 0 Å². The first-order chi connectivity index (χ1) is 3.46. The zero-order chi connectivity index (χ0) is 7.15. The topological polar surface area (TPSA) is 158 Å². The number of hydrogen-bond donors (Lipinski definition) is 0. The summed E-state index contributed by atoms with van der Waals surface area (Å²) in [5, 5.41) is 33.3. The summed E-state index contributed by atoms with van der Waals surface area (Å²) in [6.07, 6.45) is -4.67. The number of rotatable bonds is 0. The van der Waals surface area contributed by atoms with Crippen molar-refractivity contribution in [2.24, 2.45) is 0 Å². The van der Waals surface area contributed by atoms with Crippen LogP contribution in [0.2, 0.25) is 0 Å². The minimum absolute atomic E-state index is 0. The lowest BCUT2D eigenvalue weighted by molar-refractivity contribution is -0.417. The van der Waals surface area contributed by atoms with Crippen molar-refractivity contribution < 1.29 is 35.5 Å². The molecule has 0 saturated carbocycles. The molecule has 56 valence electrons. The average Bonchev–Trinajstić information content (AvgIpc) is 1.25. The number of carbonyl (C=O) groups excluding carboxylic acids is 2. The first-order valence-electron chi connectivity index (χ1n) is 1.22. The van der Waals surface area contributed by atoms with Crippen LogP contribution in [-0.4, -0.2) is 17.8 Å². The predicted molar refractivity (Wildman–Crippen MR) is 14.4 cm³/mol. The van der Waals surface area contributed by atoms with Gasteiger partial charge in [-0.25, -0.2) is 0 Å². The molecule has 0 saturated heterocycles. The Morgan fingerprint density at radius 3 is 0.778 bits per heavy atom. The van der Waals surface area contributed by atoms with Crippen LogP contribution in [0, 0.1) is 0 Å². The Bertz CT molecular complexity index is 64.9. The van der Waals surface area contributed by atoms with Crippen molar-refractivity contribution in [2.75, 3.05) is 0 Å². The summed E-state index contributed by atoms with van der Waals surface area (Å²) in [7, 11) is 0. The molecular weight excluding hydrogens is 136 g/mol. The SMILES string of the molecule is O.O=C([O-])[O-].O=C([O-])[O-]. The van der Waals surface area contributed by atoms with Gasteiger partial charge in [0.1, 0.15) is 0 Å². The molecule has 0 atom stereocenters. The van der Waals surface area contributed by atoms with Crippen LogP contribution in [0.15, 0.2) is 0 Å². The molecule has 0 amide bonds. The van der Waals surface area contributed by atoms with Crippen LogP contribution in [0.25, 0.3) is 0 Å². The molecule has 0 aromatic heterocycles. The van der Waals surface area contributed by atoms with E-state index in [1.165, 1.54) is 0 Å². The van der Waals surface area contributed by atoms with Gasteiger partial charge in [0, 0.05) is 0 Å². The van der Waals surface area contributed by atoms with Crippen LogP contribution in [0.5, 0.6) is 0 Å². The fourth-order valence-electron chi connectivity index (χ4n) is 0. The van der Waals surface area contributed by atoms with Crippen LogP contribution in [0.4, 0.5) is 9.59 Å². The Morgan fingerprint density at radius 2 is 0.778 bits per heavy atom. The fraction of sp³-hybridized carbons (Fsp3) is 0. The Kier molecular flexibility index (Phi) is 16.9. The second-order valence-corrected chi connectivity index (χ2v) is 0.500. The van der Waals surface area contributed by atoms with E-state index in [1.807, 2.05) is 0 Å². The van der Waals surface area contributed by atoms with Gasteiger partial charge in [-0.15, -0.1) is 0 Å². The first kappa shape index (κ1) is 15.6. The minimum atomic E-state index is -2.33. The molecule has 0 fully saturated rings. The van der Waals surface area contributed by atoms with E-state index in [1.54, 1.807) is 0 Å². The van der Waals surface area contributed by atoms with Crippen LogP contribution in [-0.2, 0) is 0 Å². The molecule has 0 bridgehead atoms. The quantitative estimate of drug-likeness (QED) is 0.324. The molecule has 2 N–H and O–H groups in total. The van der Waals surface area contributed by atoms with Crippen molar-refractivity contribution in [3.63, 3.8) is 0 Å². The molecule has 0 aromatic rings. The normalized spacial score (nSPS) is 5.33. The monoisotopic (exact) mass is 138 g/mol. The van der Waals surface area contributed by atoms with Gasteiger partial charge in [0.15, 0.2) is 0 Å². The third-order valence-corrected chi connectivity index (χ3v) is 0. The summed E-state index contributed by atoms with van der Waals surface area (Å²) < 4.78 is 0. The Morgan fingerprint density at radius 1 is 0.778 bits per heavy atom. The molecule has 0 heterocycles. The third kappa shape index (κ3) is 58.5. The lowest BCUT2D eigenvalue weighted by Crippen LogP contribution is -2.37. The van der Waals surface area contributed by atoms with Crippen LogP contribution >= 0.6 is 0 Å². The lowest BCUT2D eigenvalue weighted by Gasteiger charge is -1.96. The average molecular weight is 138 g/mol. The van der Waals surface area contributed by atoms with E-state index >= 15 is 0 Å². The molecule has 9 heavy (non-hydrogen) atoms. The van der Waals surface area contributed by atoms with E-state index in [4.69, 9.17) is 30.0 Å². The number of carbonyl (C=O) groups is 2. The van der Waals surface area contributed by atoms with Crippen molar-refractivity contribution in [2.45, 2.75) is 0 Å². The van der Waals surface area contributed by atoms with Crippen LogP contribution in [0.3, 0.4) is 0 Å². The van der Waals surface area contributed by atoms with Gasteiger partial charge in [-0.1, -0.05) is 0 Å². The number of carboxylic acid groups (broad SMARTS) is 4. The van der Waals surface area contributed by atoms with Gasteiger partial charge in [-0.2, -0.15) is 0 Å². The predicted octanol–water partition coefficient (Wildman–Crippen LogP) is -5.72. The smallest absolute Gasteiger partial charge is 0.0431 e. The summed E-state index contributed by atoms with van der Waals surface area (Å²) in [5.74, 6) is 0. The molecule has 0 aliphatic heterocycles. The fourth-order valence-corrected chi connectivity index (χ4v) is 0. The van der Waals surface area contributed by atoms with Gasteiger partial charge in [0.25, 0.3) is 0 Å². The Labute approximate surface area is 49.1 Å². The molecular formula is C2H2O7-4. The summed E-state index contributed by atoms with van der Waals surface area (Å²) in [6, 6.07) is 0. The van der Waals surface area contributed by atoms with Crippen molar-refractivity contribution in [1.29, 1.82) is 0 Å². The van der Waals surface area contributed by atoms with Crippen molar-refractivity contribution >= 4 is 12.3 Å². The van der Waals surface area contributed by atoms with Gasteiger partial charge >= 0.3 is 0 Å². The standard InChI is InChI=1S/2CH2O3.H2O/c2*2-1(3)4;/h2*(H2,2,3,4);1H2/p-4. The van der Waals surface area contributed by atoms with E-state index in [0.29, 0.717) is 0 Å². The van der Waals surface area contributed by atoms with Crippen LogP contribution in [0.1, 0.15) is 0 Å². The molecule has 0 radical (unpaired) electrons. The molecule has 0 unspecified atom stereocenters. The summed E-state index contributed by atoms with van der Waals surface area (Å²) in [4.78, 5) is 16.7. The lowest BCUT2D eigenvalue weighted by atomic mass is 11.5. The highest BCUT2D eigenvalue weighted by Gasteiger charge is 1.27. The van der Waals surface area contributed by atoms with E-state index in [0.717, 1.165) is 0 Å². The second-order valence-electron chi connectivity index (χ2n) is 0.500. The van der Waals surface area contributed by atoms with E-state index < -0.39 is 12.3 Å². The number of hydrogen-bond acceptors (Lipinski definition) is 6. The molecule has 0 aromatic carbocycles. The third-order valence-electron chi connectivity index (χ3n) is 0. The highest BCUT2D eigenvalue weighted by Crippen LogP contribution is 1.21. The molecule has 7 heteroatoms. The Hall–Kier alpha value is -1.50. The van der Waals surface area contributed by atoms with Gasteiger partial charge < -0.3 is 35.5 Å². The maximum atomic E-state index is 8.33. The van der Waals surface area contributed by atoms with Gasteiger partial charge in [-0.05, 0) is 12.3 Å². The van der Waals surface area contributed by atoms with E-state index in [9.17, 15) is 0 Å². The highest BCUT2D eigenvalue weighted by atomic mass is 16.6. The Balaban J connectivity index is -0.0000000720. The van der Waals surface area contributed by atoms with E-state index in [-0.39, 0.29) is 5.48 Å². The largest absolute Gasteiger partial charge is 0.652 e. The second kappa shape index (κ2) is 9.71. The maximum absolute atomic E-state index is 8.33. The highest BCUT2D eigenvalue weighted by molar-refractivity contribution is 5.47. The minimum Gasteiger partial charge on any atom is -0.652 e. The molecule has 0 rings (SSSR count). The summed E-state index contributed by atoms with van der Waals surface area (Å²) in [6.45, 7) is 0. The first-order valence-corrected chi connectivity index (χ1v) is 1.22.